The van der Waals surface area contributed by atoms with Crippen LogP contribution in [0.2, 0.25) is 0 Å². The second kappa shape index (κ2) is 8.78. The van der Waals surface area contributed by atoms with Crippen LogP contribution in [0.4, 0.5) is 0 Å². The first-order valence-electron chi connectivity index (χ1n) is 10.0. The Bertz CT molecular complexity index is 968. The fourth-order valence-corrected chi connectivity index (χ4v) is 4.54. The number of fused-ring (bicyclic) bond motifs is 3. The molecule has 0 atom stereocenters. The largest absolute Gasteiger partial charge is 0.352 e. The van der Waals surface area contributed by atoms with Gasteiger partial charge in [-0.05, 0) is 50.1 Å². The van der Waals surface area contributed by atoms with Crippen molar-refractivity contribution in [3.8, 4) is 0 Å². The highest BCUT2D eigenvalue weighted by molar-refractivity contribution is 7.99. The van der Waals surface area contributed by atoms with Gasteiger partial charge in [0.25, 0.3) is 5.91 Å². The summed E-state index contributed by atoms with van der Waals surface area (Å²) in [7, 11) is 0. The summed E-state index contributed by atoms with van der Waals surface area (Å²) in [6.45, 7) is 3.55. The lowest BCUT2D eigenvalue weighted by atomic mass is 10.2. The standard InChI is InChI=1S/C22H26N4OS/c1-16-15-18(20-21(24-16)26-13-7-3-6-11-19(26)25-20)22(27)23-12-8-14-28-17-9-4-2-5-10-17/h2,4-5,9-10,15H,3,6-8,11-14H2,1H3,(H,23,27). The number of aromatic nitrogens is 3. The number of nitrogens with zero attached hydrogens (tertiary/aromatic N) is 3. The molecule has 0 spiro atoms. The molecule has 4 rings (SSSR count). The fourth-order valence-electron chi connectivity index (χ4n) is 3.66. The Balaban J connectivity index is 1.42. The number of hydrogen-bond donors (Lipinski definition) is 1. The number of pyridine rings is 1. The lowest BCUT2D eigenvalue weighted by Gasteiger charge is -2.08. The first kappa shape index (κ1) is 19.0. The average Bonchev–Trinajstić information content (AvgIpc) is 2.88. The molecule has 2 aromatic heterocycles. The lowest BCUT2D eigenvalue weighted by Crippen LogP contribution is -2.25. The smallest absolute Gasteiger partial charge is 0.253 e. The number of thioether (sulfide) groups is 1. The molecule has 6 heteroatoms. The molecule has 0 saturated heterocycles. The maximum Gasteiger partial charge on any atom is 0.253 e. The van der Waals surface area contributed by atoms with E-state index in [4.69, 9.17) is 9.97 Å². The monoisotopic (exact) mass is 394 g/mol. The first-order chi connectivity index (χ1) is 13.7. The van der Waals surface area contributed by atoms with Crippen LogP contribution in [0.15, 0.2) is 41.3 Å². The van der Waals surface area contributed by atoms with Crippen molar-refractivity contribution in [3.05, 3.63) is 53.5 Å². The van der Waals surface area contributed by atoms with Gasteiger partial charge in [-0.3, -0.25) is 4.79 Å². The van der Waals surface area contributed by atoms with Crippen LogP contribution in [-0.4, -0.2) is 32.7 Å². The van der Waals surface area contributed by atoms with Crippen molar-refractivity contribution in [1.29, 1.82) is 0 Å². The van der Waals surface area contributed by atoms with E-state index in [1.165, 1.54) is 11.3 Å². The number of imidazole rings is 1. The molecular weight excluding hydrogens is 368 g/mol. The Labute approximate surface area is 170 Å². The van der Waals surface area contributed by atoms with E-state index >= 15 is 0 Å². The summed E-state index contributed by atoms with van der Waals surface area (Å²) in [5.74, 6) is 2.00. The Morgan fingerprint density at radius 3 is 2.89 bits per heavy atom. The Hall–Kier alpha value is -2.34. The van der Waals surface area contributed by atoms with Crippen molar-refractivity contribution in [3.63, 3.8) is 0 Å². The highest BCUT2D eigenvalue weighted by atomic mass is 32.2. The molecular formula is C22H26N4OS. The summed E-state index contributed by atoms with van der Waals surface area (Å²) < 4.78 is 2.21. The number of nitrogens with one attached hydrogen (secondary N) is 1. The Kier molecular flexibility index (Phi) is 5.95. The maximum atomic E-state index is 12.8. The van der Waals surface area contributed by atoms with Crippen LogP contribution >= 0.6 is 11.8 Å². The molecule has 1 aliphatic rings. The van der Waals surface area contributed by atoms with E-state index in [1.807, 2.05) is 43.0 Å². The number of amides is 1. The molecule has 1 aliphatic heterocycles. The van der Waals surface area contributed by atoms with Crippen LogP contribution in [-0.2, 0) is 13.0 Å². The van der Waals surface area contributed by atoms with Crippen LogP contribution in [0.5, 0.6) is 0 Å². The summed E-state index contributed by atoms with van der Waals surface area (Å²) in [6.07, 6.45) is 5.42. The number of hydrogen-bond acceptors (Lipinski definition) is 4. The second-order valence-corrected chi connectivity index (χ2v) is 8.41. The van der Waals surface area contributed by atoms with E-state index in [-0.39, 0.29) is 5.91 Å². The minimum absolute atomic E-state index is 0.0477. The molecule has 0 aliphatic carbocycles. The zero-order chi connectivity index (χ0) is 19.3. The van der Waals surface area contributed by atoms with Crippen LogP contribution in [0.1, 0.15) is 47.6 Å². The Morgan fingerprint density at radius 2 is 2.04 bits per heavy atom. The number of aryl methyl sites for hydroxylation is 3. The van der Waals surface area contributed by atoms with Gasteiger partial charge in [-0.15, -0.1) is 11.8 Å². The predicted octanol–water partition coefficient (Wildman–Crippen LogP) is 4.38. The zero-order valence-electron chi connectivity index (χ0n) is 16.3. The van der Waals surface area contributed by atoms with E-state index in [2.05, 4.69) is 22.0 Å². The molecule has 0 bridgehead atoms. The third-order valence-corrected chi connectivity index (χ3v) is 6.15. The quantitative estimate of drug-likeness (QED) is 0.498. The predicted molar refractivity (Wildman–Crippen MR) is 114 cm³/mol. The van der Waals surface area contributed by atoms with Crippen molar-refractivity contribution in [1.82, 2.24) is 19.9 Å². The van der Waals surface area contributed by atoms with Gasteiger partial charge in [0, 0.05) is 30.1 Å². The van der Waals surface area contributed by atoms with Gasteiger partial charge in [0.15, 0.2) is 5.65 Å². The third kappa shape index (κ3) is 4.22. The minimum Gasteiger partial charge on any atom is -0.352 e. The summed E-state index contributed by atoms with van der Waals surface area (Å²) in [5.41, 5.74) is 3.13. The number of carbonyl (C=O) groups is 1. The first-order valence-corrected chi connectivity index (χ1v) is 11.0. The zero-order valence-corrected chi connectivity index (χ0v) is 17.1. The molecule has 28 heavy (non-hydrogen) atoms. The van der Waals surface area contributed by atoms with Gasteiger partial charge in [0.2, 0.25) is 0 Å². The number of carbonyl (C=O) groups excluding carboxylic acids is 1. The van der Waals surface area contributed by atoms with Gasteiger partial charge in [-0.2, -0.15) is 0 Å². The van der Waals surface area contributed by atoms with Gasteiger partial charge in [0.05, 0.1) is 5.56 Å². The second-order valence-electron chi connectivity index (χ2n) is 7.24. The summed E-state index contributed by atoms with van der Waals surface area (Å²) in [6, 6.07) is 12.2. The van der Waals surface area contributed by atoms with E-state index in [9.17, 15) is 4.79 Å². The van der Waals surface area contributed by atoms with E-state index in [0.29, 0.717) is 12.1 Å². The van der Waals surface area contributed by atoms with E-state index in [0.717, 1.165) is 60.7 Å². The van der Waals surface area contributed by atoms with Crippen LogP contribution < -0.4 is 5.32 Å². The average molecular weight is 395 g/mol. The van der Waals surface area contributed by atoms with Crippen molar-refractivity contribution >= 4 is 28.8 Å². The molecule has 1 aromatic carbocycles. The van der Waals surface area contributed by atoms with Gasteiger partial charge in [-0.1, -0.05) is 24.6 Å². The van der Waals surface area contributed by atoms with Crippen molar-refractivity contribution in [2.75, 3.05) is 12.3 Å². The lowest BCUT2D eigenvalue weighted by molar-refractivity contribution is 0.0955. The highest BCUT2D eigenvalue weighted by Crippen LogP contribution is 2.24. The molecule has 1 N–H and O–H groups in total. The van der Waals surface area contributed by atoms with Crippen molar-refractivity contribution < 1.29 is 4.79 Å². The molecule has 0 fully saturated rings. The SMILES string of the molecule is Cc1cc(C(=O)NCCCSc2ccccc2)c2nc3n(c2n1)CCCCC3. The third-order valence-electron chi connectivity index (χ3n) is 5.06. The van der Waals surface area contributed by atoms with E-state index < -0.39 is 0 Å². The highest BCUT2D eigenvalue weighted by Gasteiger charge is 2.20. The number of benzene rings is 1. The normalized spacial score (nSPS) is 13.9. The molecule has 0 saturated carbocycles. The van der Waals surface area contributed by atoms with Crippen LogP contribution in [0, 0.1) is 6.92 Å². The number of rotatable bonds is 6. The molecule has 0 radical (unpaired) electrons. The molecule has 5 nitrogen and oxygen atoms in total. The summed E-state index contributed by atoms with van der Waals surface area (Å²) >= 11 is 1.82. The summed E-state index contributed by atoms with van der Waals surface area (Å²) in [4.78, 5) is 23.6. The van der Waals surface area contributed by atoms with Gasteiger partial charge < -0.3 is 9.88 Å². The van der Waals surface area contributed by atoms with Crippen LogP contribution in [0.25, 0.3) is 11.2 Å². The maximum absolute atomic E-state index is 12.8. The van der Waals surface area contributed by atoms with Gasteiger partial charge in [0.1, 0.15) is 11.3 Å². The van der Waals surface area contributed by atoms with Gasteiger partial charge >= 0.3 is 0 Å². The minimum atomic E-state index is -0.0477. The summed E-state index contributed by atoms with van der Waals surface area (Å²) in [5, 5.41) is 3.07. The van der Waals surface area contributed by atoms with E-state index in [1.54, 1.807) is 0 Å². The fraction of sp³-hybridized carbons (Fsp3) is 0.409. The molecule has 146 valence electrons. The molecule has 3 heterocycles. The molecule has 3 aromatic rings. The molecule has 1 amide bonds. The topological polar surface area (TPSA) is 59.8 Å². The van der Waals surface area contributed by atoms with Crippen molar-refractivity contribution in [2.24, 2.45) is 0 Å². The van der Waals surface area contributed by atoms with Crippen molar-refractivity contribution in [2.45, 2.75) is 50.5 Å². The molecule has 0 unspecified atom stereocenters. The van der Waals surface area contributed by atoms with Gasteiger partial charge in [-0.25, -0.2) is 9.97 Å². The van der Waals surface area contributed by atoms with Crippen LogP contribution in [0.3, 0.4) is 0 Å². The Morgan fingerprint density at radius 1 is 1.18 bits per heavy atom.